The van der Waals surface area contributed by atoms with Gasteiger partial charge in [0.1, 0.15) is 18.0 Å². The van der Waals surface area contributed by atoms with Crippen LogP contribution in [0.4, 0.5) is 23.7 Å². The molecular weight excluding hydrogens is 455 g/mol. The molecule has 2 N–H and O–H groups in total. The molecule has 10 heteroatoms. The molecule has 1 unspecified atom stereocenters. The number of carboxylic acid groups (broad SMARTS) is 1. The number of hydrogen-bond acceptors (Lipinski definition) is 5. The summed E-state index contributed by atoms with van der Waals surface area (Å²) in [5.41, 5.74) is 1.51. The van der Waals surface area contributed by atoms with E-state index in [1.807, 2.05) is 12.1 Å². The predicted molar refractivity (Wildman–Crippen MR) is 119 cm³/mol. The maximum Gasteiger partial charge on any atom is 0.412 e. The molecule has 2 rings (SSSR count). The highest BCUT2D eigenvalue weighted by Gasteiger charge is 2.31. The molecule has 7 nitrogen and oxygen atoms in total. The van der Waals surface area contributed by atoms with E-state index in [9.17, 15) is 22.8 Å². The number of alkyl halides is 3. The Balaban J connectivity index is 1.80. The van der Waals surface area contributed by atoms with Crippen LogP contribution in [0, 0.1) is 0 Å². The monoisotopic (exact) mass is 483 g/mol. The molecule has 1 amide bonds. The molecule has 0 aliphatic rings. The third-order valence-corrected chi connectivity index (χ3v) is 4.33. The Kier molecular flexibility index (Phi) is 9.31. The summed E-state index contributed by atoms with van der Waals surface area (Å²) in [7, 11) is 0. The molecule has 1 atom stereocenters. The molecule has 0 aliphatic carbocycles. The molecule has 0 aliphatic heterocycles. The van der Waals surface area contributed by atoms with E-state index in [2.05, 4.69) is 10.1 Å². The lowest BCUT2D eigenvalue weighted by atomic mass is 10.1. The maximum atomic E-state index is 12.3. The van der Waals surface area contributed by atoms with E-state index in [0.29, 0.717) is 30.0 Å². The summed E-state index contributed by atoms with van der Waals surface area (Å²) < 4.78 is 52.2. The van der Waals surface area contributed by atoms with Crippen molar-refractivity contribution in [3.63, 3.8) is 0 Å². The molecule has 2 aromatic rings. The van der Waals surface area contributed by atoms with Gasteiger partial charge in [-0.3, -0.25) is 5.32 Å². The number of nitrogens with one attached hydrogen (secondary N) is 1. The normalized spacial score (nSPS) is 12.6. The molecule has 0 saturated heterocycles. The SMILES string of the molecule is CC(C)(C)OC(=O)Nc1ccc(CCOc2ccc(CC(OCC(F)(F)F)C(=O)O)cc2)cc1. The number of halogens is 3. The summed E-state index contributed by atoms with van der Waals surface area (Å²) in [6.07, 6.45) is -6.33. The quantitative estimate of drug-likeness (QED) is 0.481. The van der Waals surface area contributed by atoms with Gasteiger partial charge in [0.15, 0.2) is 6.10 Å². The summed E-state index contributed by atoms with van der Waals surface area (Å²) in [5, 5.41) is 11.7. The van der Waals surface area contributed by atoms with Crippen molar-refractivity contribution in [3.8, 4) is 5.75 Å². The third kappa shape index (κ3) is 10.6. The minimum atomic E-state index is -4.60. The summed E-state index contributed by atoms with van der Waals surface area (Å²) in [6, 6.07) is 13.6. The fourth-order valence-electron chi connectivity index (χ4n) is 2.81. The standard InChI is InChI=1S/C24H28F3NO6/c1-23(2,3)34-22(31)28-18-8-4-16(5-9-18)12-13-32-19-10-6-17(7-11-19)14-20(21(29)30)33-15-24(25,26)27/h4-11,20H,12-15H2,1-3H3,(H,28,31)(H,29,30). The summed E-state index contributed by atoms with van der Waals surface area (Å²) >= 11 is 0. The number of aliphatic carboxylic acids is 1. The van der Waals surface area contributed by atoms with E-state index in [4.69, 9.17) is 14.6 Å². The first-order chi connectivity index (χ1) is 15.8. The first kappa shape index (κ1) is 27.0. The minimum Gasteiger partial charge on any atom is -0.493 e. The number of carbonyl (C=O) groups is 2. The molecular formula is C24H28F3NO6. The number of carbonyl (C=O) groups excluding carboxylic acids is 1. The van der Waals surface area contributed by atoms with Gasteiger partial charge < -0.3 is 19.3 Å². The first-order valence-electron chi connectivity index (χ1n) is 10.5. The summed E-state index contributed by atoms with van der Waals surface area (Å²) in [4.78, 5) is 22.9. The highest BCUT2D eigenvalue weighted by Crippen LogP contribution is 2.19. The van der Waals surface area contributed by atoms with Crippen LogP contribution in [-0.2, 0) is 27.1 Å². The lowest BCUT2D eigenvalue weighted by Crippen LogP contribution is -2.31. The number of anilines is 1. The van der Waals surface area contributed by atoms with E-state index in [-0.39, 0.29) is 6.42 Å². The zero-order chi connectivity index (χ0) is 25.4. The van der Waals surface area contributed by atoms with Gasteiger partial charge in [-0.2, -0.15) is 13.2 Å². The number of carboxylic acids is 1. The van der Waals surface area contributed by atoms with Crippen LogP contribution in [0.25, 0.3) is 0 Å². The largest absolute Gasteiger partial charge is 0.493 e. The van der Waals surface area contributed by atoms with Gasteiger partial charge in [-0.25, -0.2) is 9.59 Å². The summed E-state index contributed by atoms with van der Waals surface area (Å²) in [5.74, 6) is -0.924. The first-order valence-corrected chi connectivity index (χ1v) is 10.5. The molecule has 0 bridgehead atoms. The number of amides is 1. The summed E-state index contributed by atoms with van der Waals surface area (Å²) in [6.45, 7) is 4.09. The smallest absolute Gasteiger partial charge is 0.412 e. The van der Waals surface area contributed by atoms with E-state index in [1.54, 1.807) is 57.2 Å². The molecule has 0 aromatic heterocycles. The van der Waals surface area contributed by atoms with Crippen LogP contribution >= 0.6 is 0 Å². The Morgan fingerprint density at radius 3 is 2.09 bits per heavy atom. The van der Waals surface area contributed by atoms with Gasteiger partial charge in [0.2, 0.25) is 0 Å². The predicted octanol–water partition coefficient (Wildman–Crippen LogP) is 5.23. The number of benzene rings is 2. The van der Waals surface area contributed by atoms with Crippen molar-refractivity contribution in [2.75, 3.05) is 18.5 Å². The zero-order valence-electron chi connectivity index (χ0n) is 19.1. The fraction of sp³-hybridized carbons (Fsp3) is 0.417. The molecule has 186 valence electrons. The Morgan fingerprint density at radius 1 is 0.971 bits per heavy atom. The van der Waals surface area contributed by atoms with E-state index < -0.39 is 36.6 Å². The van der Waals surface area contributed by atoms with Crippen LogP contribution in [0.2, 0.25) is 0 Å². The van der Waals surface area contributed by atoms with Crippen molar-refractivity contribution in [1.29, 1.82) is 0 Å². The van der Waals surface area contributed by atoms with Crippen LogP contribution in [0.5, 0.6) is 5.75 Å². The second-order valence-electron chi connectivity index (χ2n) is 8.52. The van der Waals surface area contributed by atoms with Gasteiger partial charge >= 0.3 is 18.2 Å². The van der Waals surface area contributed by atoms with Crippen LogP contribution in [0.1, 0.15) is 31.9 Å². The van der Waals surface area contributed by atoms with Crippen molar-refractivity contribution in [1.82, 2.24) is 0 Å². The average Bonchev–Trinajstić information content (AvgIpc) is 2.71. The zero-order valence-corrected chi connectivity index (χ0v) is 19.1. The van der Waals surface area contributed by atoms with Gasteiger partial charge in [0.25, 0.3) is 0 Å². The fourth-order valence-corrected chi connectivity index (χ4v) is 2.81. The van der Waals surface area contributed by atoms with Crippen LogP contribution in [0.3, 0.4) is 0 Å². The van der Waals surface area contributed by atoms with E-state index in [1.165, 1.54) is 0 Å². The second-order valence-corrected chi connectivity index (χ2v) is 8.52. The van der Waals surface area contributed by atoms with Crippen molar-refractivity contribution in [2.24, 2.45) is 0 Å². The lowest BCUT2D eigenvalue weighted by molar-refractivity contribution is -0.192. The maximum absolute atomic E-state index is 12.3. The van der Waals surface area contributed by atoms with Gasteiger partial charge in [-0.05, 0) is 56.2 Å². The van der Waals surface area contributed by atoms with Crippen LogP contribution in [0.15, 0.2) is 48.5 Å². The lowest BCUT2D eigenvalue weighted by Gasteiger charge is -2.19. The van der Waals surface area contributed by atoms with E-state index >= 15 is 0 Å². The number of ether oxygens (including phenoxy) is 3. The van der Waals surface area contributed by atoms with Crippen molar-refractivity contribution < 1.29 is 42.1 Å². The number of rotatable bonds is 10. The van der Waals surface area contributed by atoms with Crippen LogP contribution < -0.4 is 10.1 Å². The van der Waals surface area contributed by atoms with Gasteiger partial charge in [0, 0.05) is 18.5 Å². The van der Waals surface area contributed by atoms with E-state index in [0.717, 1.165) is 5.56 Å². The number of hydrogen-bond donors (Lipinski definition) is 2. The molecule has 0 fully saturated rings. The average molecular weight is 483 g/mol. The Hall–Kier alpha value is -3.27. The molecule has 0 heterocycles. The molecule has 0 saturated carbocycles. The minimum absolute atomic E-state index is 0.199. The molecule has 0 spiro atoms. The Morgan fingerprint density at radius 2 is 1.56 bits per heavy atom. The molecule has 34 heavy (non-hydrogen) atoms. The topological polar surface area (TPSA) is 94.1 Å². The van der Waals surface area contributed by atoms with Gasteiger partial charge in [-0.15, -0.1) is 0 Å². The van der Waals surface area contributed by atoms with Gasteiger partial charge in [0.05, 0.1) is 6.61 Å². The highest BCUT2D eigenvalue weighted by atomic mass is 19.4. The highest BCUT2D eigenvalue weighted by molar-refractivity contribution is 5.84. The van der Waals surface area contributed by atoms with Crippen molar-refractivity contribution in [3.05, 3.63) is 59.7 Å². The van der Waals surface area contributed by atoms with Crippen LogP contribution in [-0.4, -0.2) is 48.3 Å². The Bertz CT molecular complexity index is 937. The molecule has 2 aromatic carbocycles. The molecule has 0 radical (unpaired) electrons. The second kappa shape index (κ2) is 11.7. The van der Waals surface area contributed by atoms with Gasteiger partial charge in [-0.1, -0.05) is 24.3 Å². The Labute approximate surface area is 195 Å². The van der Waals surface area contributed by atoms with Crippen molar-refractivity contribution in [2.45, 2.75) is 51.5 Å². The third-order valence-electron chi connectivity index (χ3n) is 4.33. The van der Waals surface area contributed by atoms with Crippen molar-refractivity contribution >= 4 is 17.7 Å².